The summed E-state index contributed by atoms with van der Waals surface area (Å²) >= 11 is 1.67. The van der Waals surface area contributed by atoms with E-state index in [9.17, 15) is 9.59 Å². The molecule has 2 amide bonds. The smallest absolute Gasteiger partial charge is 0.245 e. The van der Waals surface area contributed by atoms with E-state index in [1.165, 1.54) is 0 Å². The fourth-order valence-corrected chi connectivity index (χ4v) is 1.85. The Balaban J connectivity index is 2.75. The Kier molecular flexibility index (Phi) is 3.42. The molecule has 1 aliphatic heterocycles. The highest BCUT2D eigenvalue weighted by molar-refractivity contribution is 7.98. The van der Waals surface area contributed by atoms with Gasteiger partial charge in [0.2, 0.25) is 11.8 Å². The van der Waals surface area contributed by atoms with E-state index >= 15 is 0 Å². The lowest BCUT2D eigenvalue weighted by Gasteiger charge is -2.40. The minimum atomic E-state index is -0.703. The van der Waals surface area contributed by atoms with Crippen molar-refractivity contribution in [2.45, 2.75) is 19.4 Å². The molecule has 0 aromatic carbocycles. The Morgan fingerprint density at radius 2 is 2.14 bits per heavy atom. The molecule has 5 heteroatoms. The van der Waals surface area contributed by atoms with E-state index in [-0.39, 0.29) is 18.4 Å². The second-order valence-corrected chi connectivity index (χ2v) is 4.77. The molecule has 1 N–H and O–H groups in total. The predicted molar refractivity (Wildman–Crippen MR) is 57.2 cm³/mol. The van der Waals surface area contributed by atoms with Gasteiger partial charge < -0.3 is 10.2 Å². The number of carbonyl (C=O) groups is 2. The highest BCUT2D eigenvalue weighted by Gasteiger charge is 2.40. The van der Waals surface area contributed by atoms with E-state index < -0.39 is 5.54 Å². The zero-order valence-corrected chi connectivity index (χ0v) is 9.61. The van der Waals surface area contributed by atoms with Crippen molar-refractivity contribution >= 4 is 23.6 Å². The van der Waals surface area contributed by atoms with Crippen molar-refractivity contribution in [3.63, 3.8) is 0 Å². The summed E-state index contributed by atoms with van der Waals surface area (Å²) in [6, 6.07) is 0. The minimum absolute atomic E-state index is 0.00338. The molecule has 1 saturated heterocycles. The van der Waals surface area contributed by atoms with Crippen molar-refractivity contribution in [3.8, 4) is 0 Å². The van der Waals surface area contributed by atoms with Crippen molar-refractivity contribution in [3.05, 3.63) is 0 Å². The first kappa shape index (κ1) is 11.4. The van der Waals surface area contributed by atoms with Crippen LogP contribution in [0, 0.1) is 0 Å². The lowest BCUT2D eigenvalue weighted by atomic mass is 9.99. The number of amides is 2. The van der Waals surface area contributed by atoms with Crippen LogP contribution < -0.4 is 5.32 Å². The summed E-state index contributed by atoms with van der Waals surface area (Å²) in [5.74, 6) is 0.796. The molecule has 1 heterocycles. The molecule has 0 saturated carbocycles. The summed E-state index contributed by atoms with van der Waals surface area (Å²) in [6.07, 6.45) is 1.99. The van der Waals surface area contributed by atoms with Gasteiger partial charge in [-0.05, 0) is 20.1 Å². The molecule has 1 fully saturated rings. The van der Waals surface area contributed by atoms with Gasteiger partial charge in [-0.25, -0.2) is 0 Å². The van der Waals surface area contributed by atoms with Crippen molar-refractivity contribution in [2.24, 2.45) is 0 Å². The van der Waals surface area contributed by atoms with Gasteiger partial charge in [0.25, 0.3) is 0 Å². The third-order valence-corrected chi connectivity index (χ3v) is 3.04. The largest absolute Gasteiger partial charge is 0.345 e. The zero-order chi connectivity index (χ0) is 10.8. The number of hydrogen-bond donors (Lipinski definition) is 1. The number of carbonyl (C=O) groups excluding carboxylic acids is 2. The van der Waals surface area contributed by atoms with Gasteiger partial charge in [-0.3, -0.25) is 9.59 Å². The zero-order valence-electron chi connectivity index (χ0n) is 8.79. The first-order chi connectivity index (χ1) is 6.50. The number of nitrogens with one attached hydrogen (secondary N) is 1. The molecule has 0 unspecified atom stereocenters. The van der Waals surface area contributed by atoms with Gasteiger partial charge in [-0.1, -0.05) is 0 Å². The summed E-state index contributed by atoms with van der Waals surface area (Å²) in [5, 5.41) is 2.59. The van der Waals surface area contributed by atoms with E-state index in [2.05, 4.69) is 5.32 Å². The molecular formula is C9H16N2O2S. The summed E-state index contributed by atoms with van der Waals surface area (Å²) in [5.41, 5.74) is -0.703. The number of piperazine rings is 1. The second kappa shape index (κ2) is 4.21. The maximum atomic E-state index is 11.6. The van der Waals surface area contributed by atoms with Crippen LogP contribution in [0.2, 0.25) is 0 Å². The number of nitrogens with zero attached hydrogens (tertiary/aromatic N) is 1. The SMILES string of the molecule is CSCCN1C(=O)CNC(=O)C1(C)C. The first-order valence-electron chi connectivity index (χ1n) is 4.58. The average Bonchev–Trinajstić information content (AvgIpc) is 2.12. The molecular weight excluding hydrogens is 200 g/mol. The monoisotopic (exact) mass is 216 g/mol. The Labute approximate surface area is 88.4 Å². The summed E-state index contributed by atoms with van der Waals surface area (Å²) in [7, 11) is 0. The normalized spacial score (nSPS) is 20.9. The highest BCUT2D eigenvalue weighted by atomic mass is 32.2. The van der Waals surface area contributed by atoms with Crippen LogP contribution in [-0.2, 0) is 9.59 Å². The quantitative estimate of drug-likeness (QED) is 0.727. The van der Waals surface area contributed by atoms with Crippen LogP contribution in [0.3, 0.4) is 0 Å². The Hall–Kier alpha value is -0.710. The third-order valence-electron chi connectivity index (χ3n) is 2.45. The van der Waals surface area contributed by atoms with Gasteiger partial charge in [0.05, 0.1) is 6.54 Å². The van der Waals surface area contributed by atoms with E-state index in [1.807, 2.05) is 6.26 Å². The van der Waals surface area contributed by atoms with Gasteiger partial charge in [-0.2, -0.15) is 11.8 Å². The predicted octanol–water partition coefficient (Wildman–Crippen LogP) is 0.0864. The maximum absolute atomic E-state index is 11.6. The summed E-state index contributed by atoms with van der Waals surface area (Å²) in [6.45, 7) is 4.33. The summed E-state index contributed by atoms with van der Waals surface area (Å²) in [4.78, 5) is 24.7. The lowest BCUT2D eigenvalue weighted by molar-refractivity contribution is -0.150. The molecule has 4 nitrogen and oxygen atoms in total. The van der Waals surface area contributed by atoms with Crippen LogP contribution in [0.25, 0.3) is 0 Å². The average molecular weight is 216 g/mol. The first-order valence-corrected chi connectivity index (χ1v) is 5.97. The molecule has 14 heavy (non-hydrogen) atoms. The van der Waals surface area contributed by atoms with Crippen molar-refractivity contribution < 1.29 is 9.59 Å². The molecule has 1 aliphatic rings. The Morgan fingerprint density at radius 1 is 1.50 bits per heavy atom. The number of hydrogen-bond acceptors (Lipinski definition) is 3. The van der Waals surface area contributed by atoms with Crippen molar-refractivity contribution in [1.82, 2.24) is 10.2 Å². The van der Waals surface area contributed by atoms with E-state index in [0.717, 1.165) is 5.75 Å². The van der Waals surface area contributed by atoms with Gasteiger partial charge >= 0.3 is 0 Å². The van der Waals surface area contributed by atoms with Crippen molar-refractivity contribution in [2.75, 3.05) is 25.1 Å². The van der Waals surface area contributed by atoms with Crippen LogP contribution in [0.4, 0.5) is 0 Å². The lowest BCUT2D eigenvalue weighted by Crippen LogP contribution is -2.64. The van der Waals surface area contributed by atoms with Gasteiger partial charge in [0, 0.05) is 12.3 Å². The Bertz CT molecular complexity index is 253. The van der Waals surface area contributed by atoms with Gasteiger partial charge in [0.1, 0.15) is 5.54 Å². The Morgan fingerprint density at radius 3 is 2.71 bits per heavy atom. The molecule has 0 aliphatic carbocycles. The molecule has 0 radical (unpaired) electrons. The molecule has 0 aromatic heterocycles. The number of rotatable bonds is 3. The van der Waals surface area contributed by atoms with Crippen LogP contribution in [-0.4, -0.2) is 47.4 Å². The van der Waals surface area contributed by atoms with E-state index in [1.54, 1.807) is 30.5 Å². The molecule has 80 valence electrons. The fourth-order valence-electron chi connectivity index (χ4n) is 1.49. The standard InChI is InChI=1S/C9H16N2O2S/c1-9(2)8(13)10-6-7(12)11(9)4-5-14-3/h4-6H2,1-3H3,(H,10,13). The summed E-state index contributed by atoms with van der Waals surface area (Å²) < 4.78 is 0. The molecule has 0 aromatic rings. The maximum Gasteiger partial charge on any atom is 0.245 e. The van der Waals surface area contributed by atoms with E-state index in [0.29, 0.717) is 6.54 Å². The van der Waals surface area contributed by atoms with Crippen LogP contribution in [0.5, 0.6) is 0 Å². The minimum Gasteiger partial charge on any atom is -0.345 e. The molecule has 1 rings (SSSR count). The highest BCUT2D eigenvalue weighted by Crippen LogP contribution is 2.18. The van der Waals surface area contributed by atoms with E-state index in [4.69, 9.17) is 0 Å². The molecule has 0 spiro atoms. The van der Waals surface area contributed by atoms with Crippen molar-refractivity contribution in [1.29, 1.82) is 0 Å². The van der Waals surface area contributed by atoms with Gasteiger partial charge in [-0.15, -0.1) is 0 Å². The second-order valence-electron chi connectivity index (χ2n) is 3.78. The van der Waals surface area contributed by atoms with Gasteiger partial charge in [0.15, 0.2) is 0 Å². The fraction of sp³-hybridized carbons (Fsp3) is 0.778. The third kappa shape index (κ3) is 2.03. The van der Waals surface area contributed by atoms with Crippen LogP contribution >= 0.6 is 11.8 Å². The molecule has 0 bridgehead atoms. The molecule has 0 atom stereocenters. The number of thioether (sulfide) groups is 1. The topological polar surface area (TPSA) is 49.4 Å². The van der Waals surface area contributed by atoms with Crippen LogP contribution in [0.15, 0.2) is 0 Å². The van der Waals surface area contributed by atoms with Crippen LogP contribution in [0.1, 0.15) is 13.8 Å².